The van der Waals surface area contributed by atoms with Crippen LogP contribution in [-0.2, 0) is 15.2 Å². The van der Waals surface area contributed by atoms with Crippen LogP contribution in [0, 0.1) is 0 Å². The molecule has 2 aliphatic heterocycles. The summed E-state index contributed by atoms with van der Waals surface area (Å²) in [6, 6.07) is 13.5. The number of halogens is 4. The predicted molar refractivity (Wildman–Crippen MR) is 124 cm³/mol. The van der Waals surface area contributed by atoms with Gasteiger partial charge in [0.25, 0.3) is 5.67 Å². The molecule has 3 nitrogen and oxygen atoms in total. The number of alkyl halides is 1. The van der Waals surface area contributed by atoms with Crippen LogP contribution in [0.3, 0.4) is 0 Å². The fraction of sp³-hybridized carbons (Fsp3) is 0.480. The number of carbonyl (C=O) groups excluding carboxylic acids is 1. The summed E-state index contributed by atoms with van der Waals surface area (Å²) >= 11 is 12.2. The van der Waals surface area contributed by atoms with Crippen LogP contribution in [0.5, 0.6) is 0 Å². The van der Waals surface area contributed by atoms with E-state index in [0.29, 0.717) is 22.1 Å². The lowest BCUT2D eigenvalue weighted by molar-refractivity contribution is -0.931. The fourth-order valence-corrected chi connectivity index (χ4v) is 5.35. The Hall–Kier alpha value is -1.14. The van der Waals surface area contributed by atoms with E-state index in [-0.39, 0.29) is 34.2 Å². The Morgan fingerprint density at radius 3 is 1.81 bits per heavy atom. The van der Waals surface area contributed by atoms with Crippen LogP contribution in [-0.4, -0.2) is 42.7 Å². The molecule has 0 saturated carbocycles. The van der Waals surface area contributed by atoms with E-state index < -0.39 is 11.6 Å². The van der Waals surface area contributed by atoms with Gasteiger partial charge >= 0.3 is 5.97 Å². The minimum Gasteiger partial charge on any atom is -1.00 e. The molecule has 2 heterocycles. The van der Waals surface area contributed by atoms with Crippen molar-refractivity contribution < 1.29 is 35.4 Å². The van der Waals surface area contributed by atoms with Gasteiger partial charge in [-0.1, -0.05) is 61.3 Å². The van der Waals surface area contributed by atoms with Crippen molar-refractivity contribution in [3.63, 3.8) is 0 Å². The second-order valence-corrected chi connectivity index (χ2v) is 9.56. The van der Waals surface area contributed by atoms with Gasteiger partial charge < -0.3 is 26.2 Å². The zero-order chi connectivity index (χ0) is 22.8. The van der Waals surface area contributed by atoms with E-state index in [0.717, 1.165) is 30.2 Å². The van der Waals surface area contributed by atoms with Gasteiger partial charge in [-0.05, 0) is 24.3 Å². The Morgan fingerprint density at radius 2 is 1.41 bits per heavy atom. The second kappa shape index (κ2) is 10.9. The minimum absolute atomic E-state index is 0. The third-order valence-corrected chi connectivity index (χ3v) is 7.26. The van der Waals surface area contributed by atoms with Gasteiger partial charge in [0.05, 0.1) is 26.2 Å². The third kappa shape index (κ3) is 5.16. The summed E-state index contributed by atoms with van der Waals surface area (Å²) in [5, 5.41) is 0.711. The molecule has 32 heavy (non-hydrogen) atoms. The average molecular weight is 547 g/mol. The number of piperidine rings is 1. The molecule has 3 atom stereocenters. The number of hydrogen-bond donors (Lipinski definition) is 0. The van der Waals surface area contributed by atoms with E-state index in [1.165, 1.54) is 12.1 Å². The molecular formula is C25H31BrCl2FNO2. The molecular weight excluding hydrogens is 516 g/mol. The number of rotatable bonds is 4. The van der Waals surface area contributed by atoms with Crippen molar-refractivity contribution >= 4 is 29.2 Å². The lowest BCUT2D eigenvalue weighted by atomic mass is 9.87. The van der Waals surface area contributed by atoms with Crippen molar-refractivity contribution in [3.05, 3.63) is 69.7 Å². The van der Waals surface area contributed by atoms with E-state index in [1.807, 2.05) is 13.8 Å². The lowest BCUT2D eigenvalue weighted by Crippen LogP contribution is -3.00. The van der Waals surface area contributed by atoms with Gasteiger partial charge in [0.2, 0.25) is 0 Å². The predicted octanol–water partition coefficient (Wildman–Crippen LogP) is 3.55. The monoisotopic (exact) mass is 545 g/mol. The second-order valence-electron chi connectivity index (χ2n) is 8.69. The molecule has 2 aromatic carbocycles. The first-order valence-corrected chi connectivity index (χ1v) is 11.7. The summed E-state index contributed by atoms with van der Waals surface area (Å²) in [5.74, 6) is -0.904. The van der Waals surface area contributed by atoms with Crippen LogP contribution < -0.4 is 17.0 Å². The lowest BCUT2D eigenvalue weighted by Gasteiger charge is -2.44. The van der Waals surface area contributed by atoms with Crippen molar-refractivity contribution in [2.24, 2.45) is 0 Å². The maximum Gasteiger partial charge on any atom is 0.353 e. The largest absolute Gasteiger partial charge is 1.00 e. The highest BCUT2D eigenvalue weighted by molar-refractivity contribution is 6.31. The highest BCUT2D eigenvalue weighted by Crippen LogP contribution is 2.43. The van der Waals surface area contributed by atoms with E-state index in [2.05, 4.69) is 14.1 Å². The van der Waals surface area contributed by atoms with Crippen LogP contribution in [0.1, 0.15) is 50.7 Å². The molecule has 2 aromatic rings. The first-order valence-electron chi connectivity index (χ1n) is 11.0. The van der Waals surface area contributed by atoms with Crippen molar-refractivity contribution in [3.8, 4) is 0 Å². The van der Waals surface area contributed by atoms with E-state index in [1.54, 1.807) is 36.4 Å². The van der Waals surface area contributed by atoms with Crippen molar-refractivity contribution in [1.29, 1.82) is 0 Å². The first kappa shape index (κ1) is 27.1. The molecule has 0 radical (unpaired) electrons. The van der Waals surface area contributed by atoms with Crippen LogP contribution in [0.4, 0.5) is 4.39 Å². The van der Waals surface area contributed by atoms with Gasteiger partial charge in [-0.15, -0.1) is 0 Å². The van der Waals surface area contributed by atoms with E-state index >= 15 is 4.39 Å². The molecule has 2 unspecified atom stereocenters. The molecule has 0 aromatic heterocycles. The quantitative estimate of drug-likeness (QED) is 0.433. The summed E-state index contributed by atoms with van der Waals surface area (Å²) in [6.45, 7) is 4.00. The summed E-state index contributed by atoms with van der Waals surface area (Å²) in [4.78, 5) is 13.3. The number of quaternary nitrogens is 1. The van der Waals surface area contributed by atoms with E-state index in [9.17, 15) is 4.79 Å². The highest BCUT2D eigenvalue weighted by Gasteiger charge is 2.52. The standard InChI is InChI=1S/C23H25Cl2FNO2.C2H6.BrH/c1-27(2)19-9-10-20(27)14-21(13-19)29-22(28)23(26,15-5-3-7-17(24)11-15)16-6-4-8-18(25)12-16;1-2;/h3-8,11-12,19-21H,9-10,13-14H2,1-2H3;1-2H3;1H/q+1;;/p-1/t19-,20?,21?;;/m1../s1. The molecule has 7 heteroatoms. The minimum atomic E-state index is -2.48. The van der Waals surface area contributed by atoms with Gasteiger partial charge in [0.1, 0.15) is 6.10 Å². The van der Waals surface area contributed by atoms with Gasteiger partial charge in [-0.2, -0.15) is 0 Å². The third-order valence-electron chi connectivity index (χ3n) is 6.79. The van der Waals surface area contributed by atoms with Gasteiger partial charge in [-0.3, -0.25) is 0 Å². The molecule has 2 saturated heterocycles. The van der Waals surface area contributed by atoms with Crippen LogP contribution in [0.15, 0.2) is 48.5 Å². The molecule has 2 bridgehead atoms. The molecule has 2 fully saturated rings. The maximum absolute atomic E-state index is 16.5. The van der Waals surface area contributed by atoms with Crippen LogP contribution in [0.2, 0.25) is 10.0 Å². The van der Waals surface area contributed by atoms with Crippen molar-refractivity contribution in [2.45, 2.75) is 63.4 Å². The molecule has 176 valence electrons. The van der Waals surface area contributed by atoms with Gasteiger partial charge in [0, 0.05) is 46.9 Å². The number of hydrogen-bond acceptors (Lipinski definition) is 2. The normalized spacial score (nSPS) is 23.4. The Balaban J connectivity index is 0.00000118. The summed E-state index contributed by atoms with van der Waals surface area (Å²) < 4.78 is 23.3. The Bertz CT molecular complexity index is 878. The highest BCUT2D eigenvalue weighted by atomic mass is 79.9. The number of esters is 1. The molecule has 0 N–H and O–H groups in total. The first-order chi connectivity index (χ1) is 14.7. The SMILES string of the molecule is CC.C[N+]1(C)C2CC[C@@H]1CC(OC(=O)C(F)(c1cccc(Cl)c1)c1cccc(Cl)c1)C2.[Br-]. The van der Waals surface area contributed by atoms with Crippen molar-refractivity contribution in [2.75, 3.05) is 14.1 Å². The smallest absolute Gasteiger partial charge is 0.353 e. The summed E-state index contributed by atoms with van der Waals surface area (Å²) in [6.07, 6.45) is 3.48. The number of nitrogens with zero attached hydrogens (tertiary/aromatic N) is 1. The molecule has 0 spiro atoms. The Labute approximate surface area is 211 Å². The molecule has 0 aliphatic carbocycles. The van der Waals surface area contributed by atoms with Crippen LogP contribution >= 0.6 is 23.2 Å². The topological polar surface area (TPSA) is 26.3 Å². The van der Waals surface area contributed by atoms with Crippen LogP contribution in [0.25, 0.3) is 0 Å². The van der Waals surface area contributed by atoms with Gasteiger partial charge in [-0.25, -0.2) is 9.18 Å². The Morgan fingerprint density at radius 1 is 0.969 bits per heavy atom. The molecule has 2 aliphatic rings. The number of carbonyl (C=O) groups is 1. The molecule has 4 rings (SSSR count). The number of benzene rings is 2. The summed E-state index contributed by atoms with van der Waals surface area (Å²) in [7, 11) is 4.47. The summed E-state index contributed by atoms with van der Waals surface area (Å²) in [5.41, 5.74) is -2.18. The van der Waals surface area contributed by atoms with Crippen molar-refractivity contribution in [1.82, 2.24) is 0 Å². The maximum atomic E-state index is 16.5. The van der Waals surface area contributed by atoms with E-state index in [4.69, 9.17) is 27.9 Å². The number of fused-ring (bicyclic) bond motifs is 2. The molecule has 0 amide bonds. The zero-order valence-electron chi connectivity index (χ0n) is 19.0. The Kier molecular flexibility index (Phi) is 9.20. The fourth-order valence-electron chi connectivity index (χ4n) is 4.97. The average Bonchev–Trinajstić information content (AvgIpc) is 2.91. The van der Waals surface area contributed by atoms with Gasteiger partial charge in [0.15, 0.2) is 0 Å². The zero-order valence-corrected chi connectivity index (χ0v) is 22.1. The number of ether oxygens (including phenoxy) is 1.